The number of carboxylic acids is 1. The maximum atomic E-state index is 12.0. The summed E-state index contributed by atoms with van der Waals surface area (Å²) in [5, 5.41) is 9.86. The first-order valence-electron chi connectivity index (χ1n) is 9.18. The number of carboxylic acid groups (broad SMARTS) is 1. The Morgan fingerprint density at radius 1 is 1.22 bits per heavy atom. The van der Waals surface area contributed by atoms with E-state index < -0.39 is 12.0 Å². The van der Waals surface area contributed by atoms with E-state index in [0.717, 1.165) is 29.5 Å². The lowest BCUT2D eigenvalue weighted by atomic mass is 9.89. The molecular formula is C21H26N2O4. The first-order valence-corrected chi connectivity index (χ1v) is 9.18. The molecule has 27 heavy (non-hydrogen) atoms. The number of piperidine rings is 1. The molecular weight excluding hydrogens is 344 g/mol. The Kier molecular flexibility index (Phi) is 5.96. The average Bonchev–Trinajstić information content (AvgIpc) is 2.69. The summed E-state index contributed by atoms with van der Waals surface area (Å²) in [4.78, 5) is 18.3. The lowest BCUT2D eigenvalue weighted by Gasteiger charge is -2.40. The minimum Gasteiger partial charge on any atom is -0.496 e. The summed E-state index contributed by atoms with van der Waals surface area (Å²) in [6, 6.07) is 6.77. The number of hydrogen-bond acceptors (Lipinski definition) is 5. The van der Waals surface area contributed by atoms with Gasteiger partial charge in [-0.2, -0.15) is 0 Å². The van der Waals surface area contributed by atoms with Gasteiger partial charge in [0.2, 0.25) is 0 Å². The van der Waals surface area contributed by atoms with Gasteiger partial charge in [0.15, 0.2) is 0 Å². The fourth-order valence-electron chi connectivity index (χ4n) is 3.97. The molecule has 1 aliphatic heterocycles. The number of carbonyl (C=O) groups is 1. The molecule has 1 fully saturated rings. The second-order valence-electron chi connectivity index (χ2n) is 6.80. The Balaban J connectivity index is 2.24. The Hall–Kier alpha value is -2.60. The summed E-state index contributed by atoms with van der Waals surface area (Å²) in [5.74, 6) is 0.579. The van der Waals surface area contributed by atoms with E-state index in [9.17, 15) is 9.90 Å². The molecule has 6 heteroatoms. The zero-order valence-corrected chi connectivity index (χ0v) is 16.0. The molecule has 2 aromatic rings. The van der Waals surface area contributed by atoms with Crippen LogP contribution in [0.25, 0.3) is 0 Å². The maximum Gasteiger partial charge on any atom is 0.320 e. The van der Waals surface area contributed by atoms with E-state index in [2.05, 4.69) is 9.88 Å². The van der Waals surface area contributed by atoms with Crippen molar-refractivity contribution in [3.8, 4) is 11.5 Å². The van der Waals surface area contributed by atoms with Crippen molar-refractivity contribution < 1.29 is 19.4 Å². The molecule has 1 aromatic heterocycles. The number of pyridine rings is 1. The number of ether oxygens (including phenoxy) is 2. The minimum absolute atomic E-state index is 0.291. The van der Waals surface area contributed by atoms with Crippen LogP contribution in [0.1, 0.15) is 42.0 Å². The number of rotatable bonds is 6. The number of nitrogens with zero attached hydrogens (tertiary/aromatic N) is 2. The number of benzene rings is 1. The molecule has 2 unspecified atom stereocenters. The summed E-state index contributed by atoms with van der Waals surface area (Å²) in [6.45, 7) is 2.70. The number of aliphatic carboxylic acids is 1. The van der Waals surface area contributed by atoms with Gasteiger partial charge in [0.1, 0.15) is 17.5 Å². The van der Waals surface area contributed by atoms with E-state index in [1.165, 1.54) is 0 Å². The van der Waals surface area contributed by atoms with Crippen LogP contribution in [0.2, 0.25) is 0 Å². The number of likely N-dealkylation sites (tertiary alicyclic amines) is 1. The fourth-order valence-corrected chi connectivity index (χ4v) is 3.97. The molecule has 1 aromatic carbocycles. The highest BCUT2D eigenvalue weighted by atomic mass is 16.5. The Bertz CT molecular complexity index is 786. The summed E-state index contributed by atoms with van der Waals surface area (Å²) >= 11 is 0. The third kappa shape index (κ3) is 3.76. The van der Waals surface area contributed by atoms with Gasteiger partial charge < -0.3 is 14.6 Å². The highest BCUT2D eigenvalue weighted by molar-refractivity contribution is 5.74. The van der Waals surface area contributed by atoms with Gasteiger partial charge >= 0.3 is 5.97 Å². The summed E-state index contributed by atoms with van der Waals surface area (Å²) < 4.78 is 11.3. The van der Waals surface area contributed by atoms with Crippen LogP contribution in [0.15, 0.2) is 36.7 Å². The van der Waals surface area contributed by atoms with Crippen LogP contribution in [0.3, 0.4) is 0 Å². The molecule has 1 saturated heterocycles. The van der Waals surface area contributed by atoms with E-state index >= 15 is 0 Å². The van der Waals surface area contributed by atoms with Gasteiger partial charge in [-0.3, -0.25) is 14.7 Å². The van der Waals surface area contributed by atoms with E-state index in [1.807, 2.05) is 37.4 Å². The standard InChI is InChI=1S/C21H26N2O4/c1-14-13-22-11-10-15(14)20(23-12-5-4-7-16(23)21(24)25)19-17(26-2)8-6-9-18(19)27-3/h6,8-11,13,16,20H,4-5,7,12H2,1-3H3,(H,24,25). The van der Waals surface area contributed by atoms with Crippen molar-refractivity contribution in [2.45, 2.75) is 38.3 Å². The van der Waals surface area contributed by atoms with Crippen LogP contribution in [-0.4, -0.2) is 47.8 Å². The van der Waals surface area contributed by atoms with E-state index in [-0.39, 0.29) is 6.04 Å². The predicted octanol–water partition coefficient (Wildman–Crippen LogP) is 3.44. The largest absolute Gasteiger partial charge is 0.496 e. The van der Waals surface area contributed by atoms with Crippen LogP contribution in [-0.2, 0) is 4.79 Å². The summed E-state index contributed by atoms with van der Waals surface area (Å²) in [6.07, 6.45) is 6.06. The SMILES string of the molecule is COc1cccc(OC)c1C(c1ccncc1C)N1CCCCC1C(=O)O. The van der Waals surface area contributed by atoms with Crippen LogP contribution in [0.5, 0.6) is 11.5 Å². The van der Waals surface area contributed by atoms with Crippen molar-refractivity contribution in [2.75, 3.05) is 20.8 Å². The Morgan fingerprint density at radius 3 is 2.52 bits per heavy atom. The molecule has 1 N–H and O–H groups in total. The maximum absolute atomic E-state index is 12.0. The normalized spacial score (nSPS) is 18.7. The first kappa shape index (κ1) is 19.2. The molecule has 3 rings (SSSR count). The molecule has 2 atom stereocenters. The van der Waals surface area contributed by atoms with E-state index in [0.29, 0.717) is 24.5 Å². The monoisotopic (exact) mass is 370 g/mol. The predicted molar refractivity (Wildman–Crippen MR) is 102 cm³/mol. The van der Waals surface area contributed by atoms with Gasteiger partial charge in [-0.15, -0.1) is 0 Å². The number of aryl methyl sites for hydroxylation is 1. The molecule has 0 bridgehead atoms. The Labute approximate surface area is 159 Å². The smallest absolute Gasteiger partial charge is 0.320 e. The first-order chi connectivity index (χ1) is 13.1. The van der Waals surface area contributed by atoms with E-state index in [4.69, 9.17) is 9.47 Å². The van der Waals surface area contributed by atoms with Gasteiger partial charge in [-0.05, 0) is 55.6 Å². The van der Waals surface area contributed by atoms with Gasteiger partial charge in [-0.1, -0.05) is 12.5 Å². The zero-order valence-electron chi connectivity index (χ0n) is 16.0. The van der Waals surface area contributed by atoms with Crippen LogP contribution in [0, 0.1) is 6.92 Å². The van der Waals surface area contributed by atoms with Gasteiger partial charge in [0, 0.05) is 12.4 Å². The molecule has 0 saturated carbocycles. The fraction of sp³-hybridized carbons (Fsp3) is 0.429. The second kappa shape index (κ2) is 8.39. The summed E-state index contributed by atoms with van der Waals surface area (Å²) in [5.41, 5.74) is 2.87. The number of hydrogen-bond donors (Lipinski definition) is 1. The van der Waals surface area contributed by atoms with Gasteiger partial charge in [0.05, 0.1) is 25.8 Å². The minimum atomic E-state index is -0.791. The van der Waals surface area contributed by atoms with Crippen molar-refractivity contribution in [3.05, 3.63) is 53.3 Å². The number of aromatic nitrogens is 1. The van der Waals surface area contributed by atoms with Crippen molar-refractivity contribution in [3.63, 3.8) is 0 Å². The average molecular weight is 370 g/mol. The third-order valence-electron chi connectivity index (χ3n) is 5.26. The lowest BCUT2D eigenvalue weighted by molar-refractivity contribution is -0.145. The van der Waals surface area contributed by atoms with Crippen LogP contribution >= 0.6 is 0 Å². The zero-order chi connectivity index (χ0) is 19.4. The molecule has 0 aliphatic carbocycles. The topological polar surface area (TPSA) is 71.9 Å². The van der Waals surface area contributed by atoms with E-state index in [1.54, 1.807) is 20.4 Å². The molecule has 0 amide bonds. The van der Waals surface area contributed by atoms with Gasteiger partial charge in [-0.25, -0.2) is 0 Å². The van der Waals surface area contributed by atoms with Gasteiger partial charge in [0.25, 0.3) is 0 Å². The van der Waals surface area contributed by atoms with Crippen LogP contribution < -0.4 is 9.47 Å². The van der Waals surface area contributed by atoms with Crippen molar-refractivity contribution in [1.29, 1.82) is 0 Å². The van der Waals surface area contributed by atoms with Crippen molar-refractivity contribution in [2.24, 2.45) is 0 Å². The summed E-state index contributed by atoms with van der Waals surface area (Å²) in [7, 11) is 3.25. The molecule has 0 radical (unpaired) electrons. The van der Waals surface area contributed by atoms with Crippen molar-refractivity contribution >= 4 is 5.97 Å². The van der Waals surface area contributed by atoms with Crippen molar-refractivity contribution in [1.82, 2.24) is 9.88 Å². The lowest BCUT2D eigenvalue weighted by Crippen LogP contribution is -2.47. The molecule has 1 aliphatic rings. The Morgan fingerprint density at radius 2 is 1.93 bits per heavy atom. The molecule has 2 heterocycles. The number of methoxy groups -OCH3 is 2. The third-order valence-corrected chi connectivity index (χ3v) is 5.26. The molecule has 6 nitrogen and oxygen atoms in total. The second-order valence-corrected chi connectivity index (χ2v) is 6.80. The van der Waals surface area contributed by atoms with Crippen LogP contribution in [0.4, 0.5) is 0 Å². The molecule has 144 valence electrons. The quantitative estimate of drug-likeness (QED) is 0.840. The highest BCUT2D eigenvalue weighted by Crippen LogP contribution is 2.43. The highest BCUT2D eigenvalue weighted by Gasteiger charge is 2.38. The molecule has 0 spiro atoms.